The van der Waals surface area contributed by atoms with Crippen LogP contribution in [-0.2, 0) is 0 Å². The molecule has 1 aromatic carbocycles. The Balaban J connectivity index is 0.000000461. The predicted octanol–water partition coefficient (Wildman–Crippen LogP) is 4.61. The van der Waals surface area contributed by atoms with E-state index in [0.29, 0.717) is 0 Å². The Bertz CT molecular complexity index is 324. The predicted molar refractivity (Wildman–Crippen MR) is 66.8 cm³/mol. The van der Waals surface area contributed by atoms with Crippen molar-refractivity contribution >= 4 is 17.8 Å². The van der Waals surface area contributed by atoms with Gasteiger partial charge in [0, 0.05) is 9.64 Å². The van der Waals surface area contributed by atoms with Gasteiger partial charge >= 0.3 is 0 Å². The Hall–Kier alpha value is -0.690. The van der Waals surface area contributed by atoms with Crippen LogP contribution in [0.25, 0.3) is 6.08 Å². The summed E-state index contributed by atoms with van der Waals surface area (Å²) in [7, 11) is 0. The molecule has 0 saturated heterocycles. The normalized spacial score (nSPS) is 16.6. The third-order valence-electron chi connectivity index (χ3n) is 1.96. The van der Waals surface area contributed by atoms with Crippen LogP contribution in [0, 0.1) is 0 Å². The molecule has 1 aliphatic rings. The van der Waals surface area contributed by atoms with E-state index in [1.165, 1.54) is 10.5 Å². The molecule has 1 aromatic rings. The first-order chi connectivity index (χ1) is 6.67. The van der Waals surface area contributed by atoms with Crippen molar-refractivity contribution in [1.82, 2.24) is 0 Å². The number of benzene rings is 1. The largest absolute Gasteiger partial charge is 0.115 e. The van der Waals surface area contributed by atoms with E-state index in [1.54, 1.807) is 0 Å². The van der Waals surface area contributed by atoms with Crippen LogP contribution in [0.3, 0.4) is 0 Å². The third-order valence-corrected chi connectivity index (χ3v) is 3.21. The van der Waals surface area contributed by atoms with Gasteiger partial charge in [-0.1, -0.05) is 44.2 Å². The van der Waals surface area contributed by atoms with Crippen LogP contribution in [0.2, 0.25) is 0 Å². The molecule has 0 N–H and O–H groups in total. The smallest absolute Gasteiger partial charge is 0.0333 e. The van der Waals surface area contributed by atoms with Gasteiger partial charge in [-0.3, -0.25) is 0 Å². The number of rotatable bonds is 0. The van der Waals surface area contributed by atoms with Crippen LogP contribution in [0.5, 0.6) is 0 Å². The van der Waals surface area contributed by atoms with Crippen molar-refractivity contribution in [3.63, 3.8) is 0 Å². The second-order valence-electron chi connectivity index (χ2n) is 3.58. The highest BCUT2D eigenvalue weighted by atomic mass is 32.2. The Morgan fingerprint density at radius 2 is 1.71 bits per heavy atom. The van der Waals surface area contributed by atoms with E-state index in [-0.39, 0.29) is 4.75 Å². The van der Waals surface area contributed by atoms with E-state index in [0.717, 1.165) is 0 Å². The molecule has 0 aromatic heterocycles. The maximum atomic E-state index is 2.26. The highest BCUT2D eigenvalue weighted by Crippen LogP contribution is 2.39. The Morgan fingerprint density at radius 1 is 1.07 bits per heavy atom. The topological polar surface area (TPSA) is 0 Å². The molecular weight excluding hydrogens is 188 g/mol. The van der Waals surface area contributed by atoms with E-state index < -0.39 is 0 Å². The zero-order valence-corrected chi connectivity index (χ0v) is 10.2. The van der Waals surface area contributed by atoms with Gasteiger partial charge in [0.05, 0.1) is 0 Å². The Morgan fingerprint density at radius 3 is 2.43 bits per heavy atom. The van der Waals surface area contributed by atoms with Crippen molar-refractivity contribution in [3.05, 3.63) is 35.9 Å². The van der Waals surface area contributed by atoms with Crippen LogP contribution in [0.1, 0.15) is 33.3 Å². The van der Waals surface area contributed by atoms with E-state index in [4.69, 9.17) is 0 Å². The van der Waals surface area contributed by atoms with Crippen molar-refractivity contribution in [1.29, 1.82) is 0 Å². The van der Waals surface area contributed by atoms with Crippen LogP contribution in [0.15, 0.2) is 35.2 Å². The van der Waals surface area contributed by atoms with E-state index in [9.17, 15) is 0 Å². The standard InChI is InChI=1S/C11H12S.C2H6/c1-11(2)8-7-9-5-3-4-6-10(9)12-11;1-2/h3-8H,1-2H3;1-2H3. The van der Waals surface area contributed by atoms with E-state index in [1.807, 2.05) is 25.6 Å². The lowest BCUT2D eigenvalue weighted by molar-refractivity contribution is 0.896. The molecule has 0 unspecified atom stereocenters. The average molecular weight is 206 g/mol. The molecule has 76 valence electrons. The van der Waals surface area contributed by atoms with Crippen LogP contribution >= 0.6 is 11.8 Å². The molecule has 1 heterocycles. The molecule has 0 amide bonds. The fourth-order valence-electron chi connectivity index (χ4n) is 1.32. The van der Waals surface area contributed by atoms with Gasteiger partial charge in [-0.15, -0.1) is 11.8 Å². The van der Waals surface area contributed by atoms with Crippen LogP contribution in [-0.4, -0.2) is 4.75 Å². The molecule has 0 fully saturated rings. The molecule has 0 aliphatic carbocycles. The first kappa shape index (κ1) is 11.4. The zero-order valence-electron chi connectivity index (χ0n) is 9.37. The lowest BCUT2D eigenvalue weighted by Gasteiger charge is -2.24. The van der Waals surface area contributed by atoms with Gasteiger partial charge in [0.25, 0.3) is 0 Å². The summed E-state index contributed by atoms with van der Waals surface area (Å²) in [5.74, 6) is 0. The minimum absolute atomic E-state index is 0.258. The molecule has 0 radical (unpaired) electrons. The van der Waals surface area contributed by atoms with Crippen molar-refractivity contribution in [2.45, 2.75) is 37.3 Å². The maximum absolute atomic E-state index is 2.26. The minimum Gasteiger partial charge on any atom is -0.115 e. The summed E-state index contributed by atoms with van der Waals surface area (Å²) in [4.78, 5) is 1.39. The lowest BCUT2D eigenvalue weighted by Crippen LogP contribution is -2.12. The summed E-state index contributed by atoms with van der Waals surface area (Å²) in [5, 5.41) is 0. The van der Waals surface area contributed by atoms with Gasteiger partial charge < -0.3 is 0 Å². The van der Waals surface area contributed by atoms with Crippen molar-refractivity contribution in [3.8, 4) is 0 Å². The quantitative estimate of drug-likeness (QED) is 0.597. The summed E-state index contributed by atoms with van der Waals surface area (Å²) < 4.78 is 0.258. The average Bonchev–Trinajstić information content (AvgIpc) is 2.19. The SMILES string of the molecule is CC.CC1(C)C=Cc2ccccc2S1. The summed E-state index contributed by atoms with van der Waals surface area (Å²) in [6, 6.07) is 8.53. The molecule has 0 saturated carbocycles. The van der Waals surface area contributed by atoms with Gasteiger partial charge in [-0.25, -0.2) is 0 Å². The van der Waals surface area contributed by atoms with Crippen LogP contribution < -0.4 is 0 Å². The molecule has 0 bridgehead atoms. The fourth-order valence-corrected chi connectivity index (χ4v) is 2.42. The number of fused-ring (bicyclic) bond motifs is 1. The van der Waals surface area contributed by atoms with Gasteiger partial charge in [0.2, 0.25) is 0 Å². The summed E-state index contributed by atoms with van der Waals surface area (Å²) >= 11 is 1.93. The summed E-state index contributed by atoms with van der Waals surface area (Å²) in [6.07, 6.45) is 4.48. The molecule has 0 atom stereocenters. The number of hydrogen-bond acceptors (Lipinski definition) is 1. The third kappa shape index (κ3) is 2.65. The molecule has 1 aliphatic heterocycles. The minimum atomic E-state index is 0.258. The number of hydrogen-bond donors (Lipinski definition) is 0. The van der Waals surface area contributed by atoms with E-state index in [2.05, 4.69) is 50.3 Å². The highest BCUT2D eigenvalue weighted by molar-refractivity contribution is 8.01. The Kier molecular flexibility index (Phi) is 3.82. The second kappa shape index (κ2) is 4.70. The maximum Gasteiger partial charge on any atom is 0.0333 e. The lowest BCUT2D eigenvalue weighted by atomic mass is 10.1. The first-order valence-electron chi connectivity index (χ1n) is 5.15. The van der Waals surface area contributed by atoms with Crippen molar-refractivity contribution < 1.29 is 0 Å². The molecule has 0 spiro atoms. The molecule has 0 nitrogen and oxygen atoms in total. The molecule has 1 heteroatoms. The van der Waals surface area contributed by atoms with Gasteiger partial charge in [-0.05, 0) is 25.5 Å². The monoisotopic (exact) mass is 206 g/mol. The highest BCUT2D eigenvalue weighted by Gasteiger charge is 2.20. The van der Waals surface area contributed by atoms with Gasteiger partial charge in [-0.2, -0.15) is 0 Å². The van der Waals surface area contributed by atoms with Crippen LogP contribution in [0.4, 0.5) is 0 Å². The van der Waals surface area contributed by atoms with E-state index >= 15 is 0 Å². The molecule has 14 heavy (non-hydrogen) atoms. The summed E-state index contributed by atoms with van der Waals surface area (Å²) in [5.41, 5.74) is 1.35. The van der Waals surface area contributed by atoms with Crippen molar-refractivity contribution in [2.24, 2.45) is 0 Å². The molecule has 2 rings (SSSR count). The Labute approximate surface area is 91.4 Å². The fraction of sp³-hybridized carbons (Fsp3) is 0.385. The first-order valence-corrected chi connectivity index (χ1v) is 5.96. The number of thioether (sulfide) groups is 1. The zero-order chi connectivity index (χ0) is 10.6. The summed E-state index contributed by atoms with van der Waals surface area (Å²) in [6.45, 7) is 8.48. The molecular formula is C13H18S. The van der Waals surface area contributed by atoms with Crippen molar-refractivity contribution in [2.75, 3.05) is 0 Å². The second-order valence-corrected chi connectivity index (χ2v) is 5.27. The van der Waals surface area contributed by atoms with Gasteiger partial charge in [0.15, 0.2) is 0 Å². The van der Waals surface area contributed by atoms with Gasteiger partial charge in [0.1, 0.15) is 0 Å².